The summed E-state index contributed by atoms with van der Waals surface area (Å²) in [4.78, 5) is 23.3. The zero-order valence-electron chi connectivity index (χ0n) is 15.4. The lowest BCUT2D eigenvalue weighted by molar-refractivity contribution is -0.164. The molecular weight excluding hydrogens is 408 g/mol. The smallest absolute Gasteiger partial charge is 0.411 e. The zero-order chi connectivity index (χ0) is 22.1. The third-order valence-corrected chi connectivity index (χ3v) is 4.29. The Morgan fingerprint density at radius 1 is 1.37 bits per heavy atom. The molecule has 2 aromatic rings. The minimum atomic E-state index is -4.71. The monoisotopic (exact) mass is 422 g/mol. The van der Waals surface area contributed by atoms with E-state index >= 15 is 0 Å². The maximum Gasteiger partial charge on any atom is 0.411 e. The number of halogens is 4. The molecule has 0 bridgehead atoms. The molecule has 0 radical (unpaired) electrons. The Bertz CT molecular complexity index is 1050. The highest BCUT2D eigenvalue weighted by atomic mass is 19.4. The van der Waals surface area contributed by atoms with Crippen molar-refractivity contribution in [3.8, 4) is 6.07 Å². The van der Waals surface area contributed by atoms with Crippen molar-refractivity contribution in [2.45, 2.75) is 31.2 Å². The third kappa shape index (κ3) is 4.29. The molecule has 30 heavy (non-hydrogen) atoms. The van der Waals surface area contributed by atoms with Crippen LogP contribution in [0.2, 0.25) is 0 Å². The van der Waals surface area contributed by atoms with E-state index < -0.39 is 47.7 Å². The van der Waals surface area contributed by atoms with E-state index in [4.69, 9.17) is 15.7 Å². The number of nitriles is 1. The summed E-state index contributed by atoms with van der Waals surface area (Å²) in [6.07, 6.45) is -4.27. The topological polar surface area (TPSA) is 126 Å². The highest BCUT2D eigenvalue weighted by Gasteiger charge is 2.50. The number of rotatable bonds is 3. The first-order valence-corrected chi connectivity index (χ1v) is 8.45. The number of ether oxygens (including phenoxy) is 1. The van der Waals surface area contributed by atoms with Gasteiger partial charge in [-0.2, -0.15) is 18.4 Å². The van der Waals surface area contributed by atoms with E-state index in [2.05, 4.69) is 20.3 Å². The van der Waals surface area contributed by atoms with E-state index in [0.717, 1.165) is 12.1 Å². The maximum absolute atomic E-state index is 14.4. The fourth-order valence-corrected chi connectivity index (χ4v) is 2.86. The number of nitrogens with two attached hydrogens (primary N) is 1. The normalized spacial score (nSPS) is 21.2. The first-order chi connectivity index (χ1) is 14.0. The number of pyridine rings is 2. The molecular formula is C18H14F4N6O2. The number of carbonyl (C=O) groups excluding carboxylic acids is 1. The number of anilines is 1. The first kappa shape index (κ1) is 21.0. The summed E-state index contributed by atoms with van der Waals surface area (Å²) in [7, 11) is 0. The van der Waals surface area contributed by atoms with Crippen molar-refractivity contribution in [1.29, 1.82) is 5.26 Å². The van der Waals surface area contributed by atoms with Crippen molar-refractivity contribution in [2.24, 2.45) is 10.7 Å². The van der Waals surface area contributed by atoms with Gasteiger partial charge in [0.25, 0.3) is 11.9 Å². The molecule has 2 atom stereocenters. The van der Waals surface area contributed by atoms with Crippen LogP contribution in [-0.2, 0) is 10.3 Å². The minimum absolute atomic E-state index is 0.0460. The Morgan fingerprint density at radius 2 is 2.10 bits per heavy atom. The summed E-state index contributed by atoms with van der Waals surface area (Å²) in [6.45, 7) is 1.20. The second kappa shape index (κ2) is 7.58. The highest BCUT2D eigenvalue weighted by molar-refractivity contribution is 6.02. The molecule has 1 aliphatic heterocycles. The first-order valence-electron chi connectivity index (χ1n) is 8.45. The largest absolute Gasteiger partial charge is 0.452 e. The highest BCUT2D eigenvalue weighted by Crippen LogP contribution is 2.40. The molecule has 0 saturated heterocycles. The lowest BCUT2D eigenvalue weighted by Gasteiger charge is -2.36. The van der Waals surface area contributed by atoms with Gasteiger partial charge in [-0.1, -0.05) is 0 Å². The van der Waals surface area contributed by atoms with Gasteiger partial charge < -0.3 is 15.8 Å². The molecule has 0 fully saturated rings. The molecule has 156 valence electrons. The van der Waals surface area contributed by atoms with Gasteiger partial charge in [0.2, 0.25) is 0 Å². The van der Waals surface area contributed by atoms with Crippen LogP contribution in [0.15, 0.2) is 35.5 Å². The molecule has 1 amide bonds. The Labute approximate surface area is 167 Å². The van der Waals surface area contributed by atoms with Gasteiger partial charge in [-0.3, -0.25) is 4.79 Å². The number of aliphatic imine (C=N–C) groups is 1. The number of amidine groups is 1. The van der Waals surface area contributed by atoms with Gasteiger partial charge in [-0.05, 0) is 31.2 Å². The summed E-state index contributed by atoms with van der Waals surface area (Å²) in [5, 5.41) is 11.1. The van der Waals surface area contributed by atoms with Crippen LogP contribution in [0.1, 0.15) is 35.1 Å². The van der Waals surface area contributed by atoms with E-state index in [9.17, 15) is 22.4 Å². The third-order valence-electron chi connectivity index (χ3n) is 4.29. The number of hydrogen-bond acceptors (Lipinski definition) is 7. The molecule has 3 rings (SSSR count). The Morgan fingerprint density at radius 3 is 2.70 bits per heavy atom. The average molecular weight is 422 g/mol. The molecule has 3 N–H and O–H groups in total. The van der Waals surface area contributed by atoms with Gasteiger partial charge in [0.1, 0.15) is 29.1 Å². The molecule has 0 aromatic carbocycles. The van der Waals surface area contributed by atoms with E-state index in [1.807, 2.05) is 6.07 Å². The molecule has 1 aliphatic rings. The van der Waals surface area contributed by atoms with Crippen LogP contribution in [0.4, 0.5) is 23.4 Å². The number of nitrogens with one attached hydrogen (secondary N) is 1. The van der Waals surface area contributed by atoms with Crippen LogP contribution < -0.4 is 11.1 Å². The lowest BCUT2D eigenvalue weighted by atomic mass is 9.91. The number of carbonyl (C=O) groups is 1. The Kier molecular flexibility index (Phi) is 5.30. The van der Waals surface area contributed by atoms with Crippen molar-refractivity contribution >= 4 is 17.7 Å². The number of hydrogen-bond donors (Lipinski definition) is 2. The fourth-order valence-electron chi connectivity index (χ4n) is 2.86. The summed E-state index contributed by atoms with van der Waals surface area (Å²) in [6, 6.07) is 3.65. The van der Waals surface area contributed by atoms with Crippen LogP contribution in [0.3, 0.4) is 0 Å². The van der Waals surface area contributed by atoms with Gasteiger partial charge in [0, 0.05) is 12.6 Å². The lowest BCUT2D eigenvalue weighted by Crippen LogP contribution is -2.46. The van der Waals surface area contributed by atoms with Gasteiger partial charge in [-0.15, -0.1) is 0 Å². The van der Waals surface area contributed by atoms with Crippen LogP contribution in [0.25, 0.3) is 0 Å². The zero-order valence-corrected chi connectivity index (χ0v) is 15.4. The number of alkyl halides is 3. The Hall–Kier alpha value is -3.75. The van der Waals surface area contributed by atoms with Gasteiger partial charge in [0.05, 0.1) is 5.56 Å². The van der Waals surface area contributed by atoms with Gasteiger partial charge >= 0.3 is 6.18 Å². The maximum atomic E-state index is 14.4. The van der Waals surface area contributed by atoms with E-state index in [-0.39, 0.29) is 17.1 Å². The minimum Gasteiger partial charge on any atom is -0.452 e. The number of nitrogens with zero attached hydrogens (tertiary/aromatic N) is 4. The average Bonchev–Trinajstić information content (AvgIpc) is 2.68. The van der Waals surface area contributed by atoms with E-state index in [1.54, 1.807) is 0 Å². The van der Waals surface area contributed by atoms with Crippen LogP contribution in [-0.4, -0.2) is 34.1 Å². The molecule has 3 heterocycles. The van der Waals surface area contributed by atoms with E-state index in [1.165, 1.54) is 25.3 Å². The SMILES string of the molecule is C[C@@]1(c2nc(NC(=O)c3ccc(C#N)cn3)ccc2F)C[C@@H](C(F)(F)F)N=C(N)O1. The summed E-state index contributed by atoms with van der Waals surface area (Å²) in [5.41, 5.74) is 3.24. The second-order valence-corrected chi connectivity index (χ2v) is 6.59. The van der Waals surface area contributed by atoms with Crippen molar-refractivity contribution in [3.05, 3.63) is 53.2 Å². The predicted molar refractivity (Wildman–Crippen MR) is 95.6 cm³/mol. The molecule has 12 heteroatoms. The molecule has 0 unspecified atom stereocenters. The Balaban J connectivity index is 1.88. The summed E-state index contributed by atoms with van der Waals surface area (Å²) >= 11 is 0. The predicted octanol–water partition coefficient (Wildman–Crippen LogP) is 2.62. The number of amides is 1. The van der Waals surface area contributed by atoms with Crippen LogP contribution in [0.5, 0.6) is 0 Å². The second-order valence-electron chi connectivity index (χ2n) is 6.59. The van der Waals surface area contributed by atoms with Crippen LogP contribution >= 0.6 is 0 Å². The summed E-state index contributed by atoms with van der Waals surface area (Å²) < 4.78 is 59.1. The quantitative estimate of drug-likeness (QED) is 0.733. The van der Waals surface area contributed by atoms with Gasteiger partial charge in [-0.25, -0.2) is 19.4 Å². The summed E-state index contributed by atoms with van der Waals surface area (Å²) in [5.74, 6) is -1.80. The molecule has 8 nitrogen and oxygen atoms in total. The van der Waals surface area contributed by atoms with Crippen molar-refractivity contribution in [1.82, 2.24) is 9.97 Å². The fraction of sp³-hybridized carbons (Fsp3) is 0.278. The molecule has 0 saturated carbocycles. The van der Waals surface area contributed by atoms with Crippen molar-refractivity contribution < 1.29 is 27.1 Å². The molecule has 2 aromatic heterocycles. The molecule has 0 spiro atoms. The van der Waals surface area contributed by atoms with Crippen molar-refractivity contribution in [2.75, 3.05) is 5.32 Å². The van der Waals surface area contributed by atoms with Gasteiger partial charge in [0.15, 0.2) is 11.6 Å². The van der Waals surface area contributed by atoms with Crippen LogP contribution in [0, 0.1) is 17.1 Å². The molecule has 0 aliphatic carbocycles. The van der Waals surface area contributed by atoms with Crippen molar-refractivity contribution in [3.63, 3.8) is 0 Å². The standard InChI is InChI=1S/C18H14F4N6O2/c1-17(6-12(18(20,21)22)26-16(24)30-17)14-10(19)3-5-13(27-14)28-15(29)11-4-2-9(7-23)8-25-11/h2-5,8,12H,6H2,1H3,(H2,24,26)(H,27,28,29)/t12-,17-/m0/s1. The van der Waals surface area contributed by atoms with E-state index in [0.29, 0.717) is 0 Å². The number of aromatic nitrogens is 2.